The van der Waals surface area contributed by atoms with Crippen molar-refractivity contribution in [2.75, 3.05) is 35.7 Å². The number of ether oxygens (including phenoxy) is 1. The zero-order valence-corrected chi connectivity index (χ0v) is 19.5. The van der Waals surface area contributed by atoms with Crippen molar-refractivity contribution in [1.29, 1.82) is 0 Å². The molecule has 2 aliphatic rings. The highest BCUT2D eigenvalue weighted by Gasteiger charge is 2.40. The highest BCUT2D eigenvalue weighted by atomic mass is 35.5. The average molecular weight is 489 g/mol. The number of carbonyl (C=O) groups excluding carboxylic acids is 3. The number of rotatable bonds is 5. The molecule has 2 heterocycles. The Kier molecular flexibility index (Phi) is 7.33. The Hall–Kier alpha value is -3.17. The van der Waals surface area contributed by atoms with Crippen LogP contribution >= 0.6 is 11.6 Å². The van der Waals surface area contributed by atoms with Gasteiger partial charge in [-0.3, -0.25) is 9.59 Å². The van der Waals surface area contributed by atoms with Gasteiger partial charge >= 0.3 is 6.03 Å². The molecule has 10 heteroatoms. The Morgan fingerprint density at radius 2 is 1.88 bits per heavy atom. The summed E-state index contributed by atoms with van der Waals surface area (Å²) in [4.78, 5) is 41.0. The van der Waals surface area contributed by atoms with Gasteiger partial charge in [0.1, 0.15) is 11.9 Å². The number of carbonyl (C=O) groups is 3. The van der Waals surface area contributed by atoms with Crippen molar-refractivity contribution in [3.63, 3.8) is 0 Å². The standard InChI is InChI=1S/C24H26ClFN4O4/c1-34-18-13-21(30(14-18)24(33)27-16-7-5-15(25)6-8-16)23(32)28-20-10-9-17(12-19(20)26)29-11-3-2-4-22(29)31/h5-10,12,18,21H,2-4,11,13-14H2,1H3,(H,27,33)(H,28,32)/t18-,21-/m1/s1. The fraction of sp³-hybridized carbons (Fsp3) is 0.375. The van der Waals surface area contributed by atoms with E-state index in [1.807, 2.05) is 0 Å². The monoisotopic (exact) mass is 488 g/mol. The molecule has 0 unspecified atom stereocenters. The second-order valence-electron chi connectivity index (χ2n) is 8.35. The molecule has 8 nitrogen and oxygen atoms in total. The van der Waals surface area contributed by atoms with Crippen molar-refractivity contribution in [2.24, 2.45) is 0 Å². The van der Waals surface area contributed by atoms with Crippen LogP contribution in [-0.2, 0) is 14.3 Å². The highest BCUT2D eigenvalue weighted by molar-refractivity contribution is 6.30. The van der Waals surface area contributed by atoms with Crippen LogP contribution in [0, 0.1) is 5.82 Å². The zero-order valence-electron chi connectivity index (χ0n) is 18.7. The quantitative estimate of drug-likeness (QED) is 0.658. The van der Waals surface area contributed by atoms with E-state index in [9.17, 15) is 18.8 Å². The third-order valence-corrected chi connectivity index (χ3v) is 6.35. The summed E-state index contributed by atoms with van der Waals surface area (Å²) in [5, 5.41) is 5.86. The third kappa shape index (κ3) is 5.31. The van der Waals surface area contributed by atoms with Crippen LogP contribution in [0.1, 0.15) is 25.7 Å². The number of halogens is 2. The Balaban J connectivity index is 1.46. The van der Waals surface area contributed by atoms with Crippen LogP contribution in [0.15, 0.2) is 42.5 Å². The first-order chi connectivity index (χ1) is 16.4. The lowest BCUT2D eigenvalue weighted by Gasteiger charge is -2.27. The van der Waals surface area contributed by atoms with Gasteiger partial charge in [0, 0.05) is 49.4 Å². The Morgan fingerprint density at radius 1 is 1.12 bits per heavy atom. The van der Waals surface area contributed by atoms with Crippen LogP contribution in [0.25, 0.3) is 0 Å². The first-order valence-electron chi connectivity index (χ1n) is 11.1. The van der Waals surface area contributed by atoms with Gasteiger partial charge in [-0.1, -0.05) is 11.6 Å². The van der Waals surface area contributed by atoms with Crippen molar-refractivity contribution in [2.45, 2.75) is 37.8 Å². The summed E-state index contributed by atoms with van der Waals surface area (Å²) in [6, 6.07) is 9.58. The predicted octanol–water partition coefficient (Wildman–Crippen LogP) is 4.26. The average Bonchev–Trinajstić information content (AvgIpc) is 3.27. The first kappa shape index (κ1) is 24.0. The second kappa shape index (κ2) is 10.4. The van der Waals surface area contributed by atoms with Crippen molar-refractivity contribution in [1.82, 2.24) is 4.90 Å². The van der Waals surface area contributed by atoms with Crippen molar-refractivity contribution >= 4 is 46.5 Å². The normalized spacial score (nSPS) is 20.4. The Morgan fingerprint density at radius 3 is 2.56 bits per heavy atom. The van der Waals surface area contributed by atoms with Crippen LogP contribution in [0.2, 0.25) is 5.02 Å². The molecule has 2 aromatic carbocycles. The maximum atomic E-state index is 14.8. The summed E-state index contributed by atoms with van der Waals surface area (Å²) < 4.78 is 20.2. The molecule has 34 heavy (non-hydrogen) atoms. The van der Waals surface area contributed by atoms with E-state index in [0.717, 1.165) is 12.8 Å². The van der Waals surface area contributed by atoms with Gasteiger partial charge in [-0.2, -0.15) is 0 Å². The number of piperidine rings is 1. The number of benzene rings is 2. The van der Waals surface area contributed by atoms with Gasteiger partial charge in [-0.25, -0.2) is 9.18 Å². The molecule has 0 aliphatic carbocycles. The number of hydrogen-bond acceptors (Lipinski definition) is 4. The van der Waals surface area contributed by atoms with Gasteiger partial charge in [0.15, 0.2) is 0 Å². The summed E-state index contributed by atoms with van der Waals surface area (Å²) >= 11 is 5.89. The molecule has 0 aromatic heterocycles. The van der Waals surface area contributed by atoms with E-state index in [4.69, 9.17) is 16.3 Å². The number of amides is 4. The lowest BCUT2D eigenvalue weighted by Crippen LogP contribution is -2.45. The molecule has 0 saturated carbocycles. The molecular formula is C24H26ClFN4O4. The second-order valence-corrected chi connectivity index (χ2v) is 8.79. The van der Waals surface area contributed by atoms with Crippen molar-refractivity contribution < 1.29 is 23.5 Å². The molecule has 4 rings (SSSR count). The molecule has 2 aliphatic heterocycles. The Bertz CT molecular complexity index is 1080. The smallest absolute Gasteiger partial charge is 0.322 e. The van der Waals surface area contributed by atoms with E-state index in [1.165, 1.54) is 24.1 Å². The van der Waals surface area contributed by atoms with Gasteiger partial charge in [-0.15, -0.1) is 0 Å². The summed E-state index contributed by atoms with van der Waals surface area (Å²) in [7, 11) is 1.51. The topological polar surface area (TPSA) is 91.0 Å². The molecule has 2 aromatic rings. The number of nitrogens with zero attached hydrogens (tertiary/aromatic N) is 2. The lowest BCUT2D eigenvalue weighted by atomic mass is 10.1. The molecule has 4 amide bonds. The van der Waals surface area contributed by atoms with E-state index < -0.39 is 23.8 Å². The molecule has 180 valence electrons. The van der Waals surface area contributed by atoms with E-state index in [2.05, 4.69) is 10.6 Å². The molecule has 0 spiro atoms. The molecule has 0 radical (unpaired) electrons. The largest absolute Gasteiger partial charge is 0.380 e. The van der Waals surface area contributed by atoms with Crippen molar-refractivity contribution in [3.05, 3.63) is 53.3 Å². The van der Waals surface area contributed by atoms with E-state index in [-0.39, 0.29) is 30.7 Å². The molecule has 0 bridgehead atoms. The Labute approximate surface area is 202 Å². The summed E-state index contributed by atoms with van der Waals surface area (Å²) in [5.41, 5.74) is 0.977. The summed E-state index contributed by atoms with van der Waals surface area (Å²) in [5.74, 6) is -1.21. The van der Waals surface area contributed by atoms with E-state index in [1.54, 1.807) is 35.2 Å². The lowest BCUT2D eigenvalue weighted by molar-refractivity contribution is -0.120. The first-order valence-corrected chi connectivity index (χ1v) is 11.5. The highest BCUT2D eigenvalue weighted by Crippen LogP contribution is 2.27. The van der Waals surface area contributed by atoms with Gasteiger partial charge < -0.3 is 25.2 Å². The van der Waals surface area contributed by atoms with Gasteiger partial charge in [-0.05, 0) is 55.3 Å². The van der Waals surface area contributed by atoms with Crippen LogP contribution in [0.5, 0.6) is 0 Å². The van der Waals surface area contributed by atoms with E-state index in [0.29, 0.717) is 29.4 Å². The number of urea groups is 1. The molecular weight excluding hydrogens is 463 g/mol. The molecule has 2 N–H and O–H groups in total. The minimum atomic E-state index is -0.847. The zero-order chi connectivity index (χ0) is 24.2. The number of likely N-dealkylation sites (tertiary alicyclic amines) is 1. The van der Waals surface area contributed by atoms with Crippen LogP contribution in [0.4, 0.5) is 26.2 Å². The summed E-state index contributed by atoms with van der Waals surface area (Å²) in [6.07, 6.45) is 2.08. The van der Waals surface area contributed by atoms with Crippen LogP contribution < -0.4 is 15.5 Å². The van der Waals surface area contributed by atoms with Crippen LogP contribution in [-0.4, -0.2) is 55.1 Å². The van der Waals surface area contributed by atoms with Crippen LogP contribution in [0.3, 0.4) is 0 Å². The molecule has 2 atom stereocenters. The SMILES string of the molecule is CO[C@@H]1C[C@H](C(=O)Nc2ccc(N3CCCCC3=O)cc2F)N(C(=O)Nc2ccc(Cl)cc2)C1. The summed E-state index contributed by atoms with van der Waals surface area (Å²) in [6.45, 7) is 0.759. The van der Waals surface area contributed by atoms with Gasteiger partial charge in [0.05, 0.1) is 11.8 Å². The molecule has 2 saturated heterocycles. The maximum Gasteiger partial charge on any atom is 0.322 e. The number of anilines is 3. The fourth-order valence-electron chi connectivity index (χ4n) is 4.24. The minimum absolute atomic E-state index is 0.0165. The number of nitrogens with one attached hydrogen (secondary N) is 2. The molecule has 2 fully saturated rings. The van der Waals surface area contributed by atoms with Gasteiger partial charge in [0.2, 0.25) is 11.8 Å². The van der Waals surface area contributed by atoms with Crippen molar-refractivity contribution in [3.8, 4) is 0 Å². The predicted molar refractivity (Wildman–Crippen MR) is 128 cm³/mol. The maximum absolute atomic E-state index is 14.8. The fourth-order valence-corrected chi connectivity index (χ4v) is 4.36. The number of methoxy groups -OCH3 is 1. The number of hydrogen-bond donors (Lipinski definition) is 2. The van der Waals surface area contributed by atoms with E-state index >= 15 is 0 Å². The third-order valence-electron chi connectivity index (χ3n) is 6.10. The minimum Gasteiger partial charge on any atom is -0.380 e. The van der Waals surface area contributed by atoms with Gasteiger partial charge in [0.25, 0.3) is 0 Å².